The molecule has 3 rings (SSSR count). The largest absolute Gasteiger partial charge is 0.496 e. The number of benzene rings is 1. The molecule has 1 aliphatic carbocycles. The Morgan fingerprint density at radius 1 is 1.38 bits per heavy atom. The Morgan fingerprint density at radius 3 is 2.86 bits per heavy atom. The van der Waals surface area contributed by atoms with E-state index in [1.54, 1.807) is 7.11 Å². The molecular weight excluding hydrogens is 264 g/mol. The molecule has 1 heterocycles. The number of hydrogen-bond donors (Lipinski definition) is 1. The minimum Gasteiger partial charge on any atom is -0.496 e. The van der Waals surface area contributed by atoms with Gasteiger partial charge in [-0.2, -0.15) is 0 Å². The Kier molecular flexibility index (Phi) is 3.86. The third-order valence-corrected chi connectivity index (χ3v) is 3.95. The number of methoxy groups -OCH3 is 1. The second-order valence-electron chi connectivity index (χ2n) is 5.84. The lowest BCUT2D eigenvalue weighted by Gasteiger charge is -2.17. The minimum atomic E-state index is 0.289. The summed E-state index contributed by atoms with van der Waals surface area (Å²) in [7, 11) is 1.71. The number of ether oxygens (including phenoxy) is 1. The Hall–Kier alpha value is -1.97. The van der Waals surface area contributed by atoms with Crippen LogP contribution in [0, 0.1) is 6.92 Å². The van der Waals surface area contributed by atoms with Crippen molar-refractivity contribution in [1.29, 1.82) is 0 Å². The van der Waals surface area contributed by atoms with Crippen LogP contribution in [0.5, 0.6) is 5.75 Å². The van der Waals surface area contributed by atoms with Crippen LogP contribution in [0.1, 0.15) is 42.7 Å². The van der Waals surface area contributed by atoms with Gasteiger partial charge in [0.2, 0.25) is 0 Å². The lowest BCUT2D eigenvalue weighted by molar-refractivity contribution is 0.381. The highest BCUT2D eigenvalue weighted by atomic mass is 16.5. The van der Waals surface area contributed by atoms with E-state index in [2.05, 4.69) is 23.5 Å². The maximum atomic E-state index is 5.48. The summed E-state index contributed by atoms with van der Waals surface area (Å²) >= 11 is 0. The van der Waals surface area contributed by atoms with Gasteiger partial charge in [0.15, 0.2) is 5.76 Å². The zero-order valence-electron chi connectivity index (χ0n) is 12.8. The van der Waals surface area contributed by atoms with Crippen LogP contribution >= 0.6 is 0 Å². The lowest BCUT2D eigenvalue weighted by atomic mass is 10.1. The minimum absolute atomic E-state index is 0.289. The zero-order valence-corrected chi connectivity index (χ0v) is 12.8. The maximum absolute atomic E-state index is 5.48. The molecule has 1 unspecified atom stereocenters. The number of anilines is 1. The van der Waals surface area contributed by atoms with Gasteiger partial charge in [0.1, 0.15) is 17.1 Å². The fourth-order valence-corrected chi connectivity index (χ4v) is 2.69. The maximum Gasteiger partial charge on any atom is 0.163 e. The van der Waals surface area contributed by atoms with Crippen LogP contribution in [0.3, 0.4) is 0 Å². The summed E-state index contributed by atoms with van der Waals surface area (Å²) in [5, 5.41) is 7.68. The molecule has 0 aliphatic heterocycles. The van der Waals surface area contributed by atoms with Crippen molar-refractivity contribution in [3.63, 3.8) is 0 Å². The van der Waals surface area contributed by atoms with E-state index >= 15 is 0 Å². The first-order chi connectivity index (χ1) is 10.2. The monoisotopic (exact) mass is 286 g/mol. The van der Waals surface area contributed by atoms with Crippen molar-refractivity contribution in [2.45, 2.75) is 45.1 Å². The molecule has 1 aliphatic rings. The molecule has 2 aromatic rings. The summed E-state index contributed by atoms with van der Waals surface area (Å²) in [5.41, 5.74) is 3.24. The summed E-state index contributed by atoms with van der Waals surface area (Å²) in [6, 6.07) is 8.44. The SMILES string of the molecule is COc1ccccc1CC(C)Nc1c(C)noc1C1CC1. The normalized spacial score (nSPS) is 15.8. The van der Waals surface area contributed by atoms with Gasteiger partial charge in [-0.3, -0.25) is 0 Å². The van der Waals surface area contributed by atoms with Crippen molar-refractivity contribution in [1.82, 2.24) is 5.16 Å². The van der Waals surface area contributed by atoms with Crippen molar-refractivity contribution in [2.24, 2.45) is 0 Å². The number of nitrogens with one attached hydrogen (secondary N) is 1. The summed E-state index contributed by atoms with van der Waals surface area (Å²) in [4.78, 5) is 0. The van der Waals surface area contributed by atoms with E-state index in [4.69, 9.17) is 9.26 Å². The van der Waals surface area contributed by atoms with Crippen molar-refractivity contribution in [3.05, 3.63) is 41.3 Å². The van der Waals surface area contributed by atoms with E-state index in [-0.39, 0.29) is 6.04 Å². The molecule has 1 aromatic heterocycles. The summed E-state index contributed by atoms with van der Waals surface area (Å²) < 4.78 is 10.9. The van der Waals surface area contributed by atoms with Gasteiger partial charge in [0.25, 0.3) is 0 Å². The molecule has 0 bridgehead atoms. The Bertz CT molecular complexity index is 617. The molecule has 4 nitrogen and oxygen atoms in total. The number of hydrogen-bond acceptors (Lipinski definition) is 4. The molecule has 0 saturated heterocycles. The van der Waals surface area contributed by atoms with Crippen LogP contribution in [-0.4, -0.2) is 18.3 Å². The van der Waals surface area contributed by atoms with Crippen LogP contribution in [0.15, 0.2) is 28.8 Å². The first-order valence-corrected chi connectivity index (χ1v) is 7.53. The third kappa shape index (κ3) is 3.04. The molecule has 1 saturated carbocycles. The van der Waals surface area contributed by atoms with Gasteiger partial charge in [-0.05, 0) is 44.7 Å². The molecule has 0 radical (unpaired) electrons. The number of rotatable bonds is 6. The van der Waals surface area contributed by atoms with E-state index in [1.807, 2.05) is 25.1 Å². The topological polar surface area (TPSA) is 47.3 Å². The predicted octanol–water partition coefficient (Wildman–Crippen LogP) is 3.91. The average Bonchev–Trinajstić information content (AvgIpc) is 3.26. The van der Waals surface area contributed by atoms with Crippen LogP contribution in [0.4, 0.5) is 5.69 Å². The molecule has 1 N–H and O–H groups in total. The second-order valence-corrected chi connectivity index (χ2v) is 5.84. The van der Waals surface area contributed by atoms with Crippen molar-refractivity contribution in [3.8, 4) is 5.75 Å². The van der Waals surface area contributed by atoms with Crippen LogP contribution in [-0.2, 0) is 6.42 Å². The number of para-hydroxylation sites is 1. The van der Waals surface area contributed by atoms with Gasteiger partial charge >= 0.3 is 0 Å². The van der Waals surface area contributed by atoms with Crippen LogP contribution in [0.25, 0.3) is 0 Å². The van der Waals surface area contributed by atoms with Crippen LogP contribution < -0.4 is 10.1 Å². The van der Waals surface area contributed by atoms with Gasteiger partial charge < -0.3 is 14.6 Å². The molecule has 0 spiro atoms. The third-order valence-electron chi connectivity index (χ3n) is 3.95. The molecular formula is C17H22N2O2. The number of aryl methyl sites for hydroxylation is 1. The van der Waals surface area contributed by atoms with Gasteiger partial charge in [-0.15, -0.1) is 0 Å². The van der Waals surface area contributed by atoms with Crippen molar-refractivity contribution < 1.29 is 9.26 Å². The molecule has 1 fully saturated rings. The highest BCUT2D eigenvalue weighted by molar-refractivity contribution is 5.54. The van der Waals surface area contributed by atoms with E-state index in [9.17, 15) is 0 Å². The Balaban J connectivity index is 1.72. The van der Waals surface area contributed by atoms with E-state index in [0.29, 0.717) is 5.92 Å². The van der Waals surface area contributed by atoms with E-state index in [0.717, 1.165) is 29.3 Å². The predicted molar refractivity (Wildman–Crippen MR) is 83.0 cm³/mol. The molecule has 1 atom stereocenters. The summed E-state index contributed by atoms with van der Waals surface area (Å²) in [5.74, 6) is 2.53. The zero-order chi connectivity index (χ0) is 14.8. The van der Waals surface area contributed by atoms with E-state index < -0.39 is 0 Å². The van der Waals surface area contributed by atoms with Gasteiger partial charge in [0, 0.05) is 12.0 Å². The highest BCUT2D eigenvalue weighted by Crippen LogP contribution is 2.44. The standard InChI is InChI=1S/C17H22N2O2/c1-11(10-14-6-4-5-7-15(14)20-3)18-16-12(2)19-21-17(16)13-8-9-13/h4-7,11,13,18H,8-10H2,1-3H3. The highest BCUT2D eigenvalue weighted by Gasteiger charge is 2.32. The van der Waals surface area contributed by atoms with Crippen LogP contribution in [0.2, 0.25) is 0 Å². The molecule has 0 amide bonds. The fraction of sp³-hybridized carbons (Fsp3) is 0.471. The van der Waals surface area contributed by atoms with Gasteiger partial charge in [-0.25, -0.2) is 0 Å². The van der Waals surface area contributed by atoms with Crippen molar-refractivity contribution >= 4 is 5.69 Å². The van der Waals surface area contributed by atoms with Gasteiger partial charge in [-0.1, -0.05) is 23.4 Å². The van der Waals surface area contributed by atoms with Crippen molar-refractivity contribution in [2.75, 3.05) is 12.4 Å². The average molecular weight is 286 g/mol. The first kappa shape index (κ1) is 14.0. The Morgan fingerprint density at radius 2 is 2.14 bits per heavy atom. The fourth-order valence-electron chi connectivity index (χ4n) is 2.69. The number of aromatic nitrogens is 1. The molecule has 112 valence electrons. The Labute approximate surface area is 125 Å². The molecule has 1 aromatic carbocycles. The number of nitrogens with zero attached hydrogens (tertiary/aromatic N) is 1. The lowest BCUT2D eigenvalue weighted by Crippen LogP contribution is -2.19. The quantitative estimate of drug-likeness (QED) is 0.874. The first-order valence-electron chi connectivity index (χ1n) is 7.53. The smallest absolute Gasteiger partial charge is 0.163 e. The molecule has 21 heavy (non-hydrogen) atoms. The van der Waals surface area contributed by atoms with Gasteiger partial charge in [0.05, 0.1) is 7.11 Å². The van der Waals surface area contributed by atoms with E-state index in [1.165, 1.54) is 18.4 Å². The summed E-state index contributed by atoms with van der Waals surface area (Å²) in [6.45, 7) is 4.17. The summed E-state index contributed by atoms with van der Waals surface area (Å²) in [6.07, 6.45) is 3.33. The second kappa shape index (κ2) is 5.80. The molecule has 4 heteroatoms.